The molecule has 5 nitrogen and oxygen atoms in total. The molecule has 0 unspecified atom stereocenters. The molecule has 1 aliphatic carbocycles. The molecule has 1 aliphatic rings. The number of benzene rings is 1. The first kappa shape index (κ1) is 16.2. The van der Waals surface area contributed by atoms with Gasteiger partial charge in [0, 0.05) is 41.7 Å². The third-order valence-corrected chi connectivity index (χ3v) is 5.57. The number of thiazole rings is 1. The van der Waals surface area contributed by atoms with E-state index in [1.165, 1.54) is 0 Å². The summed E-state index contributed by atoms with van der Waals surface area (Å²) in [6.45, 7) is 0.726. The van der Waals surface area contributed by atoms with Crippen molar-refractivity contribution in [2.75, 3.05) is 11.9 Å². The average molecular weight is 351 g/mol. The van der Waals surface area contributed by atoms with Crippen molar-refractivity contribution in [2.45, 2.75) is 31.3 Å². The zero-order valence-corrected chi connectivity index (χ0v) is 15.0. The van der Waals surface area contributed by atoms with E-state index >= 15 is 0 Å². The van der Waals surface area contributed by atoms with Gasteiger partial charge in [-0.25, -0.2) is 15.0 Å². The Morgan fingerprint density at radius 3 is 2.76 bits per heavy atom. The third kappa shape index (κ3) is 3.55. The Balaban J connectivity index is 1.46. The van der Waals surface area contributed by atoms with Gasteiger partial charge < -0.3 is 10.6 Å². The minimum Gasteiger partial charge on any atom is -0.354 e. The maximum atomic E-state index is 5.90. The summed E-state index contributed by atoms with van der Waals surface area (Å²) in [6, 6.07) is 12.7. The van der Waals surface area contributed by atoms with E-state index in [-0.39, 0.29) is 0 Å². The number of hydrogen-bond donors (Lipinski definition) is 1. The van der Waals surface area contributed by atoms with E-state index in [0.717, 1.165) is 47.2 Å². The highest BCUT2D eigenvalue weighted by molar-refractivity contribution is 7.13. The monoisotopic (exact) mass is 351 g/mol. The van der Waals surface area contributed by atoms with Crippen LogP contribution in [0.3, 0.4) is 0 Å². The van der Waals surface area contributed by atoms with Gasteiger partial charge in [0.2, 0.25) is 0 Å². The lowest BCUT2D eigenvalue weighted by atomic mass is 9.78. The molecule has 0 amide bonds. The Bertz CT molecular complexity index is 842. The molecule has 4 rings (SSSR count). The van der Waals surface area contributed by atoms with Crippen LogP contribution in [0.4, 0.5) is 5.82 Å². The molecule has 0 spiro atoms. The minimum atomic E-state index is 0.326. The summed E-state index contributed by atoms with van der Waals surface area (Å²) < 4.78 is 0. The van der Waals surface area contributed by atoms with Crippen molar-refractivity contribution in [1.82, 2.24) is 15.0 Å². The lowest BCUT2D eigenvalue weighted by Crippen LogP contribution is -2.35. The largest absolute Gasteiger partial charge is 0.354 e. The van der Waals surface area contributed by atoms with Crippen molar-refractivity contribution in [1.29, 1.82) is 0 Å². The molecule has 1 aromatic carbocycles. The first-order chi connectivity index (χ1) is 12.2. The molecule has 0 aliphatic heterocycles. The van der Waals surface area contributed by atoms with Crippen LogP contribution in [0.2, 0.25) is 0 Å². The predicted octanol–water partition coefficient (Wildman–Crippen LogP) is 3.44. The first-order valence-corrected chi connectivity index (χ1v) is 9.35. The van der Waals surface area contributed by atoms with Gasteiger partial charge in [0.1, 0.15) is 17.2 Å². The molecule has 0 bridgehead atoms. The van der Waals surface area contributed by atoms with Crippen LogP contribution in [-0.2, 0) is 6.54 Å². The van der Waals surface area contributed by atoms with Crippen LogP contribution in [0.25, 0.3) is 10.6 Å². The summed E-state index contributed by atoms with van der Waals surface area (Å²) in [7, 11) is 2.04. The second-order valence-corrected chi connectivity index (χ2v) is 7.45. The molecule has 2 heterocycles. The summed E-state index contributed by atoms with van der Waals surface area (Å²) in [5, 5.41) is 3.17. The van der Waals surface area contributed by atoms with Gasteiger partial charge in [-0.15, -0.1) is 11.3 Å². The number of nitrogens with two attached hydrogens (primary N) is 1. The number of rotatable bonds is 5. The van der Waals surface area contributed by atoms with Gasteiger partial charge in [0.15, 0.2) is 0 Å². The highest BCUT2D eigenvalue weighted by Gasteiger charge is 2.28. The van der Waals surface area contributed by atoms with Crippen molar-refractivity contribution in [3.8, 4) is 10.6 Å². The lowest BCUT2D eigenvalue weighted by Gasteiger charge is -2.32. The summed E-state index contributed by atoms with van der Waals surface area (Å²) in [6.07, 6.45) is 3.70. The van der Waals surface area contributed by atoms with Crippen LogP contribution in [0, 0.1) is 0 Å². The molecule has 0 atom stereocenters. The van der Waals surface area contributed by atoms with Crippen molar-refractivity contribution in [3.05, 3.63) is 59.5 Å². The molecule has 3 aromatic rings. The zero-order chi connectivity index (χ0) is 17.2. The fourth-order valence-electron chi connectivity index (χ4n) is 3.11. The van der Waals surface area contributed by atoms with Crippen LogP contribution < -0.4 is 10.6 Å². The smallest absolute Gasteiger partial charge is 0.132 e. The Morgan fingerprint density at radius 1 is 1.20 bits per heavy atom. The van der Waals surface area contributed by atoms with E-state index in [0.29, 0.717) is 12.0 Å². The maximum Gasteiger partial charge on any atom is 0.132 e. The molecule has 128 valence electrons. The van der Waals surface area contributed by atoms with Crippen LogP contribution in [0.15, 0.2) is 48.1 Å². The van der Waals surface area contributed by atoms with E-state index in [1.807, 2.05) is 25.2 Å². The summed E-state index contributed by atoms with van der Waals surface area (Å²) >= 11 is 1.68. The average Bonchev–Trinajstić information content (AvgIpc) is 3.08. The van der Waals surface area contributed by atoms with Crippen molar-refractivity contribution >= 4 is 17.2 Å². The van der Waals surface area contributed by atoms with Gasteiger partial charge in [-0.2, -0.15) is 0 Å². The lowest BCUT2D eigenvalue weighted by molar-refractivity contribution is 0.345. The van der Waals surface area contributed by atoms with Crippen LogP contribution >= 0.6 is 11.3 Å². The molecule has 6 heteroatoms. The molecule has 2 aromatic heterocycles. The zero-order valence-electron chi connectivity index (χ0n) is 14.2. The first-order valence-electron chi connectivity index (χ1n) is 8.47. The normalized spacial score (nSPS) is 19.4. The van der Waals surface area contributed by atoms with E-state index in [2.05, 4.69) is 38.4 Å². The van der Waals surface area contributed by atoms with Crippen molar-refractivity contribution < 1.29 is 0 Å². The maximum absolute atomic E-state index is 5.90. The Kier molecular flexibility index (Phi) is 4.46. The van der Waals surface area contributed by atoms with E-state index in [9.17, 15) is 0 Å². The molecule has 1 fully saturated rings. The van der Waals surface area contributed by atoms with Crippen LogP contribution in [-0.4, -0.2) is 28.0 Å². The van der Waals surface area contributed by atoms with Gasteiger partial charge >= 0.3 is 0 Å². The number of aromatic nitrogens is 3. The van der Waals surface area contributed by atoms with Gasteiger partial charge in [-0.05, 0) is 12.8 Å². The Morgan fingerprint density at radius 2 is 2.00 bits per heavy atom. The number of nitrogens with zero attached hydrogens (tertiary/aromatic N) is 4. The Labute approximate surface area is 151 Å². The van der Waals surface area contributed by atoms with Gasteiger partial charge in [-0.3, -0.25) is 0 Å². The molecule has 0 radical (unpaired) electrons. The van der Waals surface area contributed by atoms with Crippen LogP contribution in [0.1, 0.15) is 30.1 Å². The summed E-state index contributed by atoms with van der Waals surface area (Å²) in [5.74, 6) is 1.41. The van der Waals surface area contributed by atoms with Crippen molar-refractivity contribution in [3.63, 3.8) is 0 Å². The molecule has 0 saturated heterocycles. The number of hydrogen-bond acceptors (Lipinski definition) is 6. The van der Waals surface area contributed by atoms with Gasteiger partial charge in [0.05, 0.1) is 12.2 Å². The molecule has 1 saturated carbocycles. The highest BCUT2D eigenvalue weighted by atomic mass is 32.1. The standard InChI is InChI=1S/C19H21N5S/c1-24(18-9-17(21-12-22-18)14-7-15(20)8-14)10-16-11-25-19(23-16)13-5-3-2-4-6-13/h2-6,9,11-12,14-15H,7-8,10,20H2,1H3. The predicted molar refractivity (Wildman–Crippen MR) is 102 cm³/mol. The van der Waals surface area contributed by atoms with E-state index in [1.54, 1.807) is 17.7 Å². The fourth-order valence-corrected chi connectivity index (χ4v) is 3.93. The highest BCUT2D eigenvalue weighted by Crippen LogP contribution is 2.35. The van der Waals surface area contributed by atoms with Gasteiger partial charge in [-0.1, -0.05) is 30.3 Å². The van der Waals surface area contributed by atoms with Crippen molar-refractivity contribution in [2.24, 2.45) is 5.73 Å². The van der Waals surface area contributed by atoms with Gasteiger partial charge in [0.25, 0.3) is 0 Å². The Hall–Kier alpha value is -2.31. The molecule has 25 heavy (non-hydrogen) atoms. The molecular weight excluding hydrogens is 330 g/mol. The number of anilines is 1. The second-order valence-electron chi connectivity index (χ2n) is 6.60. The summed E-state index contributed by atoms with van der Waals surface area (Å²) in [4.78, 5) is 15.7. The fraction of sp³-hybridized carbons (Fsp3) is 0.316. The minimum absolute atomic E-state index is 0.326. The molecular formula is C19H21N5S. The molecule has 2 N–H and O–H groups in total. The summed E-state index contributed by atoms with van der Waals surface area (Å²) in [5.41, 5.74) is 9.21. The van der Waals surface area contributed by atoms with E-state index < -0.39 is 0 Å². The quantitative estimate of drug-likeness (QED) is 0.762. The van der Waals surface area contributed by atoms with Crippen LogP contribution in [0.5, 0.6) is 0 Å². The second kappa shape index (κ2) is 6.90. The topological polar surface area (TPSA) is 67.9 Å². The third-order valence-electron chi connectivity index (χ3n) is 4.63. The SMILES string of the molecule is CN(Cc1csc(-c2ccccc2)n1)c1cc(C2CC(N)C2)ncn1. The van der Waals surface area contributed by atoms with E-state index in [4.69, 9.17) is 10.7 Å².